The Morgan fingerprint density at radius 1 is 1.79 bits per heavy atom. The van der Waals surface area contributed by atoms with Gasteiger partial charge in [0, 0.05) is 18.4 Å². The number of amides is 1. The summed E-state index contributed by atoms with van der Waals surface area (Å²) in [6.45, 7) is 5.74. The quantitative estimate of drug-likeness (QED) is 0.775. The van der Waals surface area contributed by atoms with Crippen LogP contribution in [-0.2, 0) is 0 Å². The molecule has 0 aliphatic heterocycles. The molecule has 1 amide bonds. The molecule has 0 radical (unpaired) electrons. The van der Waals surface area contributed by atoms with Gasteiger partial charge in [0.15, 0.2) is 0 Å². The highest BCUT2D eigenvalue weighted by atomic mass is 35.5. The minimum atomic E-state index is -0.234. The van der Waals surface area contributed by atoms with Gasteiger partial charge in [0.25, 0.3) is 5.91 Å². The van der Waals surface area contributed by atoms with E-state index in [1.54, 1.807) is 12.1 Å². The van der Waals surface area contributed by atoms with E-state index in [0.29, 0.717) is 17.1 Å². The molecule has 0 atom stereocenters. The summed E-state index contributed by atoms with van der Waals surface area (Å²) in [6, 6.07) is 1.66. The molecule has 1 rings (SSSR count). The molecule has 1 aromatic rings. The van der Waals surface area contributed by atoms with Crippen LogP contribution in [0.3, 0.4) is 0 Å². The Labute approximate surface area is 87.8 Å². The van der Waals surface area contributed by atoms with Crippen molar-refractivity contribution < 1.29 is 4.79 Å². The third kappa shape index (κ3) is 2.57. The molecule has 4 heteroatoms. The Bertz CT molecular complexity index is 363. The number of aryl methyl sites for hydroxylation is 1. The van der Waals surface area contributed by atoms with E-state index in [4.69, 9.17) is 11.6 Å². The van der Waals surface area contributed by atoms with Crippen LogP contribution in [-0.4, -0.2) is 17.4 Å². The smallest absolute Gasteiger partial charge is 0.254 e. The van der Waals surface area contributed by atoms with Crippen molar-refractivity contribution >= 4 is 17.5 Å². The standard InChI is InChI=1S/C10H11ClN2O/c1-3-4-12-10(14)8-6-13-7(2)5-9(8)11/h3,5-6H,1,4H2,2H3,(H,12,14). The van der Waals surface area contributed by atoms with E-state index in [1.807, 2.05) is 6.92 Å². The van der Waals surface area contributed by atoms with Gasteiger partial charge in [0.2, 0.25) is 0 Å². The lowest BCUT2D eigenvalue weighted by Crippen LogP contribution is -2.23. The molecule has 0 fully saturated rings. The molecule has 1 aromatic heterocycles. The Morgan fingerprint density at radius 3 is 3.07 bits per heavy atom. The van der Waals surface area contributed by atoms with Gasteiger partial charge in [-0.3, -0.25) is 9.78 Å². The number of pyridine rings is 1. The van der Waals surface area contributed by atoms with Crippen molar-refractivity contribution in [1.82, 2.24) is 10.3 Å². The van der Waals surface area contributed by atoms with E-state index < -0.39 is 0 Å². The molecule has 0 bridgehead atoms. The molecule has 0 aliphatic rings. The average Bonchev–Trinajstić information content (AvgIpc) is 2.14. The highest BCUT2D eigenvalue weighted by Crippen LogP contribution is 2.15. The molecule has 0 saturated heterocycles. The van der Waals surface area contributed by atoms with Crippen molar-refractivity contribution in [3.8, 4) is 0 Å². The first-order chi connectivity index (χ1) is 6.65. The monoisotopic (exact) mass is 210 g/mol. The van der Waals surface area contributed by atoms with E-state index in [0.717, 1.165) is 5.69 Å². The number of carbonyl (C=O) groups excluding carboxylic acids is 1. The topological polar surface area (TPSA) is 42.0 Å². The molecule has 0 aliphatic carbocycles. The molecular weight excluding hydrogens is 200 g/mol. The molecule has 74 valence electrons. The molecule has 0 unspecified atom stereocenters. The molecular formula is C10H11ClN2O. The molecule has 1 N–H and O–H groups in total. The van der Waals surface area contributed by atoms with E-state index in [2.05, 4.69) is 16.9 Å². The predicted octanol–water partition coefficient (Wildman–Crippen LogP) is 1.96. The number of aromatic nitrogens is 1. The van der Waals surface area contributed by atoms with Crippen molar-refractivity contribution in [2.24, 2.45) is 0 Å². The van der Waals surface area contributed by atoms with Crippen molar-refractivity contribution in [2.75, 3.05) is 6.54 Å². The molecule has 0 spiro atoms. The summed E-state index contributed by atoms with van der Waals surface area (Å²) >= 11 is 5.88. The molecule has 0 saturated carbocycles. The lowest BCUT2D eigenvalue weighted by atomic mass is 10.2. The van der Waals surface area contributed by atoms with Crippen LogP contribution >= 0.6 is 11.6 Å². The Hall–Kier alpha value is -1.35. The van der Waals surface area contributed by atoms with Crippen molar-refractivity contribution in [3.63, 3.8) is 0 Å². The van der Waals surface area contributed by atoms with Gasteiger partial charge in [-0.25, -0.2) is 0 Å². The maximum absolute atomic E-state index is 11.5. The van der Waals surface area contributed by atoms with E-state index in [-0.39, 0.29) is 5.91 Å². The van der Waals surface area contributed by atoms with E-state index in [1.165, 1.54) is 6.20 Å². The van der Waals surface area contributed by atoms with Crippen molar-refractivity contribution in [2.45, 2.75) is 6.92 Å². The zero-order valence-electron chi connectivity index (χ0n) is 7.88. The van der Waals surface area contributed by atoms with Crippen LogP contribution in [0.4, 0.5) is 0 Å². The van der Waals surface area contributed by atoms with Crippen molar-refractivity contribution in [1.29, 1.82) is 0 Å². The predicted molar refractivity (Wildman–Crippen MR) is 56.5 cm³/mol. The third-order valence-electron chi connectivity index (χ3n) is 1.64. The minimum Gasteiger partial charge on any atom is -0.348 e. The second kappa shape index (κ2) is 4.77. The van der Waals surface area contributed by atoms with Crippen LogP contribution in [0.5, 0.6) is 0 Å². The zero-order valence-corrected chi connectivity index (χ0v) is 8.64. The summed E-state index contributed by atoms with van der Waals surface area (Å²) in [6.07, 6.45) is 3.07. The van der Waals surface area contributed by atoms with Gasteiger partial charge in [-0.05, 0) is 13.0 Å². The second-order valence-corrected chi connectivity index (χ2v) is 3.21. The Morgan fingerprint density at radius 2 is 2.50 bits per heavy atom. The lowest BCUT2D eigenvalue weighted by Gasteiger charge is -2.04. The number of nitrogens with zero attached hydrogens (tertiary/aromatic N) is 1. The molecule has 3 nitrogen and oxygen atoms in total. The van der Waals surface area contributed by atoms with Gasteiger partial charge in [0.05, 0.1) is 10.6 Å². The summed E-state index contributed by atoms with van der Waals surface area (Å²) in [5.74, 6) is -0.234. The normalized spacial score (nSPS) is 9.57. The van der Waals surface area contributed by atoms with Gasteiger partial charge < -0.3 is 5.32 Å². The number of hydrogen-bond acceptors (Lipinski definition) is 2. The van der Waals surface area contributed by atoms with Crippen molar-refractivity contribution in [3.05, 3.63) is 41.2 Å². The lowest BCUT2D eigenvalue weighted by molar-refractivity contribution is 0.0958. The second-order valence-electron chi connectivity index (χ2n) is 2.80. The number of carbonyl (C=O) groups is 1. The van der Waals surface area contributed by atoms with E-state index in [9.17, 15) is 4.79 Å². The van der Waals surface area contributed by atoms with Crippen LogP contribution in [0.2, 0.25) is 5.02 Å². The summed E-state index contributed by atoms with van der Waals surface area (Å²) in [4.78, 5) is 15.5. The fourth-order valence-electron chi connectivity index (χ4n) is 0.954. The Balaban J connectivity index is 2.84. The summed E-state index contributed by atoms with van der Waals surface area (Å²) in [7, 11) is 0. The van der Waals surface area contributed by atoms with Crippen LogP contribution in [0, 0.1) is 6.92 Å². The molecule has 14 heavy (non-hydrogen) atoms. The Kier molecular flexibility index (Phi) is 3.65. The van der Waals surface area contributed by atoms with Crippen LogP contribution in [0.25, 0.3) is 0 Å². The highest BCUT2D eigenvalue weighted by Gasteiger charge is 2.09. The number of halogens is 1. The van der Waals surface area contributed by atoms with Gasteiger partial charge in [-0.15, -0.1) is 6.58 Å². The van der Waals surface area contributed by atoms with Gasteiger partial charge in [0.1, 0.15) is 0 Å². The molecule has 0 aromatic carbocycles. The summed E-state index contributed by atoms with van der Waals surface area (Å²) < 4.78 is 0. The molecule has 1 heterocycles. The zero-order chi connectivity index (χ0) is 10.6. The van der Waals surface area contributed by atoms with Gasteiger partial charge in [-0.2, -0.15) is 0 Å². The minimum absolute atomic E-state index is 0.234. The van der Waals surface area contributed by atoms with E-state index >= 15 is 0 Å². The van der Waals surface area contributed by atoms with Gasteiger partial charge >= 0.3 is 0 Å². The number of rotatable bonds is 3. The SMILES string of the molecule is C=CCNC(=O)c1cnc(C)cc1Cl. The first-order valence-electron chi connectivity index (χ1n) is 4.16. The number of hydrogen-bond donors (Lipinski definition) is 1. The van der Waals surface area contributed by atoms with Crippen LogP contribution in [0.1, 0.15) is 16.1 Å². The maximum atomic E-state index is 11.5. The third-order valence-corrected chi connectivity index (χ3v) is 1.95. The van der Waals surface area contributed by atoms with Gasteiger partial charge in [-0.1, -0.05) is 17.7 Å². The highest BCUT2D eigenvalue weighted by molar-refractivity contribution is 6.33. The largest absolute Gasteiger partial charge is 0.348 e. The average molecular weight is 211 g/mol. The fraction of sp³-hybridized carbons (Fsp3) is 0.200. The first-order valence-corrected chi connectivity index (χ1v) is 4.54. The summed E-state index contributed by atoms with van der Waals surface area (Å²) in [5.41, 5.74) is 1.18. The number of nitrogens with one attached hydrogen (secondary N) is 1. The van der Waals surface area contributed by atoms with Crippen LogP contribution in [0.15, 0.2) is 24.9 Å². The fourth-order valence-corrected chi connectivity index (χ4v) is 1.25. The first kappa shape index (κ1) is 10.7. The summed E-state index contributed by atoms with van der Waals surface area (Å²) in [5, 5.41) is 3.04. The van der Waals surface area contributed by atoms with Crippen LogP contribution < -0.4 is 5.32 Å². The maximum Gasteiger partial charge on any atom is 0.254 e.